The number of nitriles is 1. The quantitative estimate of drug-likeness (QED) is 0.920. The highest BCUT2D eigenvalue weighted by Gasteiger charge is 2.29. The van der Waals surface area contributed by atoms with E-state index in [4.69, 9.17) is 19.5 Å². The van der Waals surface area contributed by atoms with Crippen molar-refractivity contribution in [2.24, 2.45) is 4.99 Å². The van der Waals surface area contributed by atoms with E-state index in [1.54, 1.807) is 13.2 Å². The molecule has 0 fully saturated rings. The first-order valence-electron chi connectivity index (χ1n) is 7.59. The number of ether oxygens (including phenoxy) is 3. The molecule has 1 atom stereocenters. The third-order valence-electron chi connectivity index (χ3n) is 4.09. The van der Waals surface area contributed by atoms with Crippen LogP contribution in [0.5, 0.6) is 11.5 Å². The van der Waals surface area contributed by atoms with Gasteiger partial charge in [-0.3, -0.25) is 0 Å². The van der Waals surface area contributed by atoms with Crippen LogP contribution in [0.15, 0.2) is 41.4 Å². The minimum absolute atomic E-state index is 0.182. The van der Waals surface area contributed by atoms with Gasteiger partial charge in [-0.15, -0.1) is 0 Å². The van der Waals surface area contributed by atoms with Crippen molar-refractivity contribution in [3.63, 3.8) is 0 Å². The SMILES string of the molecule is COc1cccc2c1C(N=C1Nc3ccc(C#N)cc3CO1)CO2. The van der Waals surface area contributed by atoms with Crippen LogP contribution >= 0.6 is 0 Å². The average molecular weight is 321 g/mol. The Morgan fingerprint density at radius 3 is 3.04 bits per heavy atom. The second-order valence-electron chi connectivity index (χ2n) is 5.53. The molecule has 24 heavy (non-hydrogen) atoms. The van der Waals surface area contributed by atoms with Gasteiger partial charge in [-0.1, -0.05) is 6.07 Å². The molecule has 0 saturated carbocycles. The monoisotopic (exact) mass is 321 g/mol. The second kappa shape index (κ2) is 5.78. The smallest absolute Gasteiger partial charge is 0.290 e. The number of rotatable bonds is 2. The standard InChI is InChI=1S/C18H15N3O3/c1-22-15-3-2-4-16-17(15)14(10-23-16)21-18-20-13-6-5-11(8-19)7-12(13)9-24-18/h2-7,14H,9-10H2,1H3,(H,20,21). The Hall–Kier alpha value is -3.20. The molecule has 120 valence electrons. The third-order valence-corrected chi connectivity index (χ3v) is 4.09. The van der Waals surface area contributed by atoms with Crippen LogP contribution in [0.4, 0.5) is 5.69 Å². The highest BCUT2D eigenvalue weighted by atomic mass is 16.5. The van der Waals surface area contributed by atoms with E-state index in [0.29, 0.717) is 24.8 Å². The molecule has 0 spiro atoms. The Morgan fingerprint density at radius 1 is 1.29 bits per heavy atom. The molecule has 0 saturated heterocycles. The Balaban J connectivity index is 1.62. The lowest BCUT2D eigenvalue weighted by atomic mass is 10.1. The molecule has 1 unspecified atom stereocenters. The normalized spacial score (nSPS) is 19.3. The number of methoxy groups -OCH3 is 1. The van der Waals surface area contributed by atoms with Gasteiger partial charge in [-0.25, -0.2) is 4.99 Å². The van der Waals surface area contributed by atoms with Crippen LogP contribution in [-0.4, -0.2) is 19.7 Å². The Labute approximate surface area is 139 Å². The Bertz CT molecular complexity index is 870. The molecule has 0 amide bonds. The molecule has 0 aromatic heterocycles. The first-order chi connectivity index (χ1) is 11.8. The van der Waals surface area contributed by atoms with Crippen LogP contribution in [0.25, 0.3) is 0 Å². The fourth-order valence-electron chi connectivity index (χ4n) is 2.92. The molecule has 1 N–H and O–H groups in total. The predicted molar refractivity (Wildman–Crippen MR) is 88.2 cm³/mol. The predicted octanol–water partition coefficient (Wildman–Crippen LogP) is 3.00. The molecule has 2 heterocycles. The Morgan fingerprint density at radius 2 is 2.21 bits per heavy atom. The molecule has 6 nitrogen and oxygen atoms in total. The summed E-state index contributed by atoms with van der Waals surface area (Å²) >= 11 is 0. The number of anilines is 1. The number of fused-ring (bicyclic) bond motifs is 2. The molecule has 2 aromatic carbocycles. The first-order valence-corrected chi connectivity index (χ1v) is 7.59. The number of aliphatic imine (C=N–C) groups is 1. The highest BCUT2D eigenvalue weighted by molar-refractivity contribution is 5.92. The number of hydrogen-bond acceptors (Lipinski definition) is 5. The molecule has 2 aromatic rings. The van der Waals surface area contributed by atoms with Crippen LogP contribution < -0.4 is 14.8 Å². The van der Waals surface area contributed by atoms with E-state index < -0.39 is 0 Å². The van der Waals surface area contributed by atoms with Crippen molar-refractivity contribution in [1.82, 2.24) is 0 Å². The molecule has 6 heteroatoms. The van der Waals surface area contributed by atoms with Crippen molar-refractivity contribution in [2.75, 3.05) is 19.0 Å². The minimum Gasteiger partial charge on any atom is -0.496 e. The first kappa shape index (κ1) is 14.4. The molecule has 4 rings (SSSR count). The Kier molecular flexibility index (Phi) is 3.47. The van der Waals surface area contributed by atoms with Gasteiger partial charge in [0.05, 0.1) is 24.3 Å². The van der Waals surface area contributed by atoms with E-state index in [1.807, 2.05) is 30.3 Å². The van der Waals surface area contributed by atoms with E-state index in [2.05, 4.69) is 16.4 Å². The maximum Gasteiger partial charge on any atom is 0.290 e. The molecule has 0 aliphatic carbocycles. The van der Waals surface area contributed by atoms with E-state index in [0.717, 1.165) is 28.3 Å². The summed E-state index contributed by atoms with van der Waals surface area (Å²) in [5.41, 5.74) is 3.39. The fourth-order valence-corrected chi connectivity index (χ4v) is 2.92. The number of benzene rings is 2. The molecule has 0 radical (unpaired) electrons. The average Bonchev–Trinajstić information content (AvgIpc) is 3.04. The molecular formula is C18H15N3O3. The lowest BCUT2D eigenvalue weighted by Crippen LogP contribution is -2.23. The van der Waals surface area contributed by atoms with E-state index in [9.17, 15) is 0 Å². The zero-order chi connectivity index (χ0) is 16.5. The van der Waals surface area contributed by atoms with Crippen LogP contribution in [0.3, 0.4) is 0 Å². The van der Waals surface area contributed by atoms with Crippen molar-refractivity contribution in [3.05, 3.63) is 53.1 Å². The zero-order valence-electron chi connectivity index (χ0n) is 13.1. The van der Waals surface area contributed by atoms with Gasteiger partial charge in [0, 0.05) is 11.3 Å². The molecule has 2 aliphatic rings. The molecule has 2 aliphatic heterocycles. The van der Waals surface area contributed by atoms with E-state index in [-0.39, 0.29) is 6.04 Å². The van der Waals surface area contributed by atoms with Crippen LogP contribution in [0, 0.1) is 11.3 Å². The lowest BCUT2D eigenvalue weighted by molar-refractivity contribution is 0.278. The van der Waals surface area contributed by atoms with Crippen molar-refractivity contribution in [3.8, 4) is 17.6 Å². The van der Waals surface area contributed by atoms with E-state index in [1.165, 1.54) is 0 Å². The zero-order valence-corrected chi connectivity index (χ0v) is 13.1. The summed E-state index contributed by atoms with van der Waals surface area (Å²) < 4.78 is 16.8. The van der Waals surface area contributed by atoms with Gasteiger partial charge >= 0.3 is 0 Å². The maximum absolute atomic E-state index is 8.96. The summed E-state index contributed by atoms with van der Waals surface area (Å²) in [5, 5.41) is 12.1. The maximum atomic E-state index is 8.96. The second-order valence-corrected chi connectivity index (χ2v) is 5.53. The summed E-state index contributed by atoms with van der Waals surface area (Å²) in [4.78, 5) is 4.64. The number of nitrogens with one attached hydrogen (secondary N) is 1. The number of hydrogen-bond donors (Lipinski definition) is 1. The number of nitrogens with zero attached hydrogens (tertiary/aromatic N) is 2. The topological polar surface area (TPSA) is 75.9 Å². The summed E-state index contributed by atoms with van der Waals surface area (Å²) in [5.74, 6) is 1.55. The van der Waals surface area contributed by atoms with Crippen molar-refractivity contribution in [1.29, 1.82) is 5.26 Å². The van der Waals surface area contributed by atoms with Crippen LogP contribution in [0.2, 0.25) is 0 Å². The van der Waals surface area contributed by atoms with Crippen molar-refractivity contribution >= 4 is 11.7 Å². The molecular weight excluding hydrogens is 306 g/mol. The van der Waals surface area contributed by atoms with Crippen molar-refractivity contribution in [2.45, 2.75) is 12.6 Å². The minimum atomic E-state index is -0.182. The summed E-state index contributed by atoms with van der Waals surface area (Å²) in [7, 11) is 1.64. The number of amidine groups is 1. The lowest BCUT2D eigenvalue weighted by Gasteiger charge is -2.21. The fraction of sp³-hybridized carbons (Fsp3) is 0.222. The third kappa shape index (κ3) is 2.40. The van der Waals surface area contributed by atoms with Gasteiger partial charge in [0.25, 0.3) is 6.02 Å². The van der Waals surface area contributed by atoms with E-state index >= 15 is 0 Å². The van der Waals surface area contributed by atoms with Gasteiger partial charge in [0.2, 0.25) is 0 Å². The van der Waals surface area contributed by atoms with Gasteiger partial charge < -0.3 is 19.5 Å². The van der Waals surface area contributed by atoms with Gasteiger partial charge in [-0.2, -0.15) is 5.26 Å². The van der Waals surface area contributed by atoms with Crippen LogP contribution in [0.1, 0.15) is 22.7 Å². The summed E-state index contributed by atoms with van der Waals surface area (Å²) in [6.07, 6.45) is 0. The summed E-state index contributed by atoms with van der Waals surface area (Å²) in [6.45, 7) is 0.827. The van der Waals surface area contributed by atoms with Crippen molar-refractivity contribution < 1.29 is 14.2 Å². The largest absolute Gasteiger partial charge is 0.496 e. The molecule has 0 bridgehead atoms. The van der Waals surface area contributed by atoms with Gasteiger partial charge in [0.15, 0.2) is 0 Å². The van der Waals surface area contributed by atoms with Gasteiger partial charge in [0.1, 0.15) is 30.8 Å². The highest BCUT2D eigenvalue weighted by Crippen LogP contribution is 2.41. The van der Waals surface area contributed by atoms with Gasteiger partial charge in [-0.05, 0) is 30.3 Å². The van der Waals surface area contributed by atoms with Crippen LogP contribution in [-0.2, 0) is 11.3 Å². The summed E-state index contributed by atoms with van der Waals surface area (Å²) in [6, 6.07) is 13.5.